The molecule has 0 radical (unpaired) electrons. The molecule has 4 nitrogen and oxygen atoms in total. The van der Waals surface area contributed by atoms with E-state index < -0.39 is 8.32 Å². The Bertz CT molecular complexity index is 468. The molecule has 1 amide bonds. The molecule has 0 aliphatic heterocycles. The molecule has 3 atom stereocenters. The number of likely N-dealkylation sites (N-methyl/N-ethyl adjacent to an activating group) is 1. The summed E-state index contributed by atoms with van der Waals surface area (Å²) in [6.45, 7) is 16.5. The molecule has 1 aliphatic rings. The Hall–Kier alpha value is -0.653. The van der Waals surface area contributed by atoms with Crippen LogP contribution in [-0.2, 0) is 14.1 Å². The molecule has 0 bridgehead atoms. The Morgan fingerprint density at radius 1 is 1.38 bits per heavy atom. The molecule has 24 heavy (non-hydrogen) atoms. The summed E-state index contributed by atoms with van der Waals surface area (Å²) in [5.74, 6) is 1.09. The van der Waals surface area contributed by atoms with E-state index in [0.29, 0.717) is 17.8 Å². The molecule has 0 aromatic heterocycles. The van der Waals surface area contributed by atoms with Gasteiger partial charge in [0.25, 0.3) is 5.91 Å². The van der Waals surface area contributed by atoms with Crippen LogP contribution in [0.5, 0.6) is 0 Å². The largest absolute Gasteiger partial charge is 0.417 e. The Balaban J connectivity index is 2.79. The zero-order valence-corrected chi connectivity index (χ0v) is 18.1. The van der Waals surface area contributed by atoms with E-state index in [4.69, 9.17) is 9.26 Å². The van der Waals surface area contributed by atoms with Crippen molar-refractivity contribution in [3.63, 3.8) is 0 Å². The second-order valence-electron chi connectivity index (χ2n) is 8.80. The lowest BCUT2D eigenvalue weighted by Gasteiger charge is -2.38. The summed E-state index contributed by atoms with van der Waals surface area (Å²) in [5, 5.41) is 1.55. The lowest BCUT2D eigenvalue weighted by Crippen LogP contribution is -2.42. The van der Waals surface area contributed by atoms with E-state index in [0.717, 1.165) is 25.0 Å². The molecule has 0 saturated heterocycles. The van der Waals surface area contributed by atoms with Crippen LogP contribution in [0.3, 0.4) is 0 Å². The maximum atomic E-state index is 12.5. The lowest BCUT2D eigenvalue weighted by atomic mass is 9.78. The minimum absolute atomic E-state index is 0.0211. The number of amides is 1. The van der Waals surface area contributed by atoms with E-state index in [-0.39, 0.29) is 10.9 Å². The van der Waals surface area contributed by atoms with E-state index in [1.807, 2.05) is 0 Å². The Labute approximate surface area is 149 Å². The standard InChI is InChI=1S/C19H37NO3Si/c1-14-10-11-16(12-17(14)18(21)20(6)22-7)15(2)13-23-24(8,9)19(3,4)5/h12,14-16H,10-11,13H2,1-9H3/t14-,15-,16-/m0/s1. The molecule has 0 fully saturated rings. The van der Waals surface area contributed by atoms with Crippen molar-refractivity contribution in [1.82, 2.24) is 5.06 Å². The van der Waals surface area contributed by atoms with Crippen LogP contribution >= 0.6 is 0 Å². The molecule has 0 spiro atoms. The fourth-order valence-corrected chi connectivity index (χ4v) is 3.86. The maximum Gasteiger partial charge on any atom is 0.273 e. The Kier molecular flexibility index (Phi) is 7.26. The number of hydroxylamine groups is 2. The smallest absolute Gasteiger partial charge is 0.273 e. The third kappa shape index (κ3) is 5.17. The van der Waals surface area contributed by atoms with Crippen LogP contribution in [0.2, 0.25) is 18.1 Å². The monoisotopic (exact) mass is 355 g/mol. The minimum atomic E-state index is -1.72. The van der Waals surface area contributed by atoms with Gasteiger partial charge in [0.05, 0.1) is 7.11 Å². The highest BCUT2D eigenvalue weighted by atomic mass is 28.4. The molecule has 0 aromatic carbocycles. The van der Waals surface area contributed by atoms with Gasteiger partial charge in [-0.3, -0.25) is 9.63 Å². The second-order valence-corrected chi connectivity index (χ2v) is 13.6. The first-order valence-corrected chi connectivity index (χ1v) is 12.0. The van der Waals surface area contributed by atoms with E-state index >= 15 is 0 Å². The maximum absolute atomic E-state index is 12.5. The van der Waals surface area contributed by atoms with Gasteiger partial charge in [0.2, 0.25) is 0 Å². The predicted octanol–water partition coefficient (Wildman–Crippen LogP) is 4.64. The van der Waals surface area contributed by atoms with Crippen LogP contribution in [0, 0.1) is 17.8 Å². The molecular formula is C19H37NO3Si. The molecule has 0 heterocycles. The van der Waals surface area contributed by atoms with E-state index in [2.05, 4.69) is 53.8 Å². The highest BCUT2D eigenvalue weighted by Crippen LogP contribution is 2.38. The van der Waals surface area contributed by atoms with Gasteiger partial charge in [-0.2, -0.15) is 0 Å². The topological polar surface area (TPSA) is 38.8 Å². The van der Waals surface area contributed by atoms with E-state index in [1.165, 1.54) is 12.2 Å². The fraction of sp³-hybridized carbons (Fsp3) is 0.842. The van der Waals surface area contributed by atoms with E-state index in [1.54, 1.807) is 7.05 Å². The van der Waals surface area contributed by atoms with Gasteiger partial charge in [0.15, 0.2) is 8.32 Å². The van der Waals surface area contributed by atoms with Crippen molar-refractivity contribution in [3.05, 3.63) is 11.6 Å². The number of carbonyl (C=O) groups excluding carboxylic acids is 1. The van der Waals surface area contributed by atoms with Crippen molar-refractivity contribution >= 4 is 14.2 Å². The number of nitrogens with zero attached hydrogens (tertiary/aromatic N) is 1. The van der Waals surface area contributed by atoms with Crippen molar-refractivity contribution < 1.29 is 14.1 Å². The van der Waals surface area contributed by atoms with Crippen LogP contribution in [0.1, 0.15) is 47.5 Å². The molecule has 0 N–H and O–H groups in total. The normalized spacial score (nSPS) is 23.6. The van der Waals surface area contributed by atoms with Crippen molar-refractivity contribution in [3.8, 4) is 0 Å². The van der Waals surface area contributed by atoms with Crippen LogP contribution in [-0.4, -0.2) is 40.1 Å². The first-order chi connectivity index (χ1) is 10.9. The summed E-state index contributed by atoms with van der Waals surface area (Å²) in [7, 11) is 1.47. The van der Waals surface area contributed by atoms with E-state index in [9.17, 15) is 4.79 Å². The van der Waals surface area contributed by atoms with Crippen molar-refractivity contribution in [2.75, 3.05) is 20.8 Å². The van der Waals surface area contributed by atoms with Gasteiger partial charge in [0, 0.05) is 19.2 Å². The quantitative estimate of drug-likeness (QED) is 0.515. The minimum Gasteiger partial charge on any atom is -0.417 e. The summed E-state index contributed by atoms with van der Waals surface area (Å²) in [6, 6.07) is 0. The van der Waals surface area contributed by atoms with Gasteiger partial charge < -0.3 is 4.43 Å². The van der Waals surface area contributed by atoms with Gasteiger partial charge in [-0.25, -0.2) is 5.06 Å². The van der Waals surface area contributed by atoms with Crippen LogP contribution in [0.25, 0.3) is 0 Å². The number of carbonyl (C=O) groups is 1. The molecule has 1 rings (SSSR count). The molecule has 1 aliphatic carbocycles. The van der Waals surface area contributed by atoms with Crippen molar-refractivity contribution in [1.29, 1.82) is 0 Å². The van der Waals surface area contributed by atoms with Gasteiger partial charge in [-0.05, 0) is 48.7 Å². The fourth-order valence-electron chi connectivity index (χ4n) is 2.75. The third-order valence-corrected chi connectivity index (χ3v) is 10.4. The van der Waals surface area contributed by atoms with Crippen molar-refractivity contribution in [2.24, 2.45) is 17.8 Å². The molecule has 5 heteroatoms. The molecule has 0 saturated carbocycles. The molecular weight excluding hydrogens is 318 g/mol. The molecule has 140 valence electrons. The average Bonchev–Trinajstić information content (AvgIpc) is 2.50. The summed E-state index contributed by atoms with van der Waals surface area (Å²) in [4.78, 5) is 17.5. The van der Waals surface area contributed by atoms with Crippen LogP contribution in [0.15, 0.2) is 11.6 Å². The molecule has 0 aromatic rings. The van der Waals surface area contributed by atoms with Gasteiger partial charge in [-0.1, -0.05) is 40.7 Å². The summed E-state index contributed by atoms with van der Waals surface area (Å²) < 4.78 is 6.39. The summed E-state index contributed by atoms with van der Waals surface area (Å²) in [5.41, 5.74) is 0.884. The first kappa shape index (κ1) is 21.4. The Morgan fingerprint density at radius 3 is 2.46 bits per heavy atom. The Morgan fingerprint density at radius 2 is 1.96 bits per heavy atom. The van der Waals surface area contributed by atoms with Gasteiger partial charge in [0.1, 0.15) is 0 Å². The number of hydrogen-bond acceptors (Lipinski definition) is 3. The van der Waals surface area contributed by atoms with Gasteiger partial charge in [-0.15, -0.1) is 0 Å². The summed E-state index contributed by atoms with van der Waals surface area (Å²) >= 11 is 0. The average molecular weight is 356 g/mol. The predicted molar refractivity (Wildman–Crippen MR) is 102 cm³/mol. The zero-order valence-electron chi connectivity index (χ0n) is 17.1. The van der Waals surface area contributed by atoms with Crippen LogP contribution < -0.4 is 0 Å². The second kappa shape index (κ2) is 8.15. The lowest BCUT2D eigenvalue weighted by molar-refractivity contribution is -0.164. The van der Waals surface area contributed by atoms with Crippen LogP contribution in [0.4, 0.5) is 0 Å². The number of allylic oxidation sites excluding steroid dienone is 1. The molecule has 0 unspecified atom stereocenters. The van der Waals surface area contributed by atoms with Gasteiger partial charge >= 0.3 is 0 Å². The highest BCUT2D eigenvalue weighted by molar-refractivity contribution is 6.74. The summed E-state index contributed by atoms with van der Waals surface area (Å²) in [6.07, 6.45) is 4.34. The highest BCUT2D eigenvalue weighted by Gasteiger charge is 2.38. The van der Waals surface area contributed by atoms with Crippen molar-refractivity contribution in [2.45, 2.75) is 65.6 Å². The first-order valence-electron chi connectivity index (χ1n) is 9.08. The third-order valence-electron chi connectivity index (χ3n) is 5.91. The SMILES string of the molecule is CON(C)C(=O)C1=C[C@@H]([C@@H](C)CO[Si](C)(C)C(C)(C)C)CC[C@@H]1C. The zero-order chi connectivity index (χ0) is 18.7. The number of hydrogen-bond donors (Lipinski definition) is 0. The number of rotatable bonds is 6.